The number of alkyl halides is 1. The first-order valence-corrected chi connectivity index (χ1v) is 10.1. The van der Waals surface area contributed by atoms with E-state index in [1.807, 2.05) is 0 Å². The fraction of sp³-hybridized carbons (Fsp3) is 0.409. The van der Waals surface area contributed by atoms with E-state index in [2.05, 4.69) is 22.3 Å². The lowest BCUT2D eigenvalue weighted by Gasteiger charge is -2.13. The lowest BCUT2D eigenvalue weighted by Crippen LogP contribution is -2.37. The predicted molar refractivity (Wildman–Crippen MR) is 111 cm³/mol. The first-order valence-electron chi connectivity index (χ1n) is 10.1. The van der Waals surface area contributed by atoms with Crippen molar-refractivity contribution >= 4 is 17.6 Å². The van der Waals surface area contributed by atoms with Crippen molar-refractivity contribution in [3.8, 4) is 17.5 Å². The number of likely N-dealkylation sites (N-methyl/N-ethyl adjacent to an activating group) is 1. The molecule has 1 aliphatic carbocycles. The molecule has 0 radical (unpaired) electrons. The molecule has 1 aliphatic heterocycles. The average Bonchev–Trinajstić information content (AvgIpc) is 3.17. The Kier molecular flexibility index (Phi) is 5.41. The molecule has 8 nitrogen and oxygen atoms in total. The van der Waals surface area contributed by atoms with Gasteiger partial charge in [-0.15, -0.1) is 0 Å². The number of nitrogens with one attached hydrogen (secondary N) is 1. The molecule has 1 aromatic heterocycles. The van der Waals surface area contributed by atoms with Crippen molar-refractivity contribution in [2.75, 3.05) is 25.5 Å². The molecule has 2 heterocycles. The number of rotatable bonds is 5. The molecule has 0 spiro atoms. The lowest BCUT2D eigenvalue weighted by atomic mass is 10.0. The van der Waals surface area contributed by atoms with Crippen LogP contribution in [0.2, 0.25) is 0 Å². The number of carbonyl (C=O) groups excluding carboxylic acids is 2. The minimum Gasteiger partial charge on any atom is -0.461 e. The first kappa shape index (κ1) is 20.9. The third-order valence-corrected chi connectivity index (χ3v) is 5.27. The van der Waals surface area contributed by atoms with Crippen molar-refractivity contribution in [3.63, 3.8) is 0 Å². The molecule has 2 unspecified atom stereocenters. The number of likely N-dealkylation sites (tertiary alicyclic amines) is 1. The molecule has 1 saturated carbocycles. The van der Waals surface area contributed by atoms with Gasteiger partial charge in [0.15, 0.2) is 5.69 Å². The quantitative estimate of drug-likeness (QED) is 0.556. The Balaban J connectivity index is 1.62. The molecule has 9 heteroatoms. The maximum Gasteiger partial charge on any atom is 0.361 e. The van der Waals surface area contributed by atoms with Crippen molar-refractivity contribution in [2.45, 2.75) is 37.6 Å². The molecule has 3 atom stereocenters. The van der Waals surface area contributed by atoms with Gasteiger partial charge < -0.3 is 20.1 Å². The number of carbonyl (C=O) groups is 2. The van der Waals surface area contributed by atoms with Crippen LogP contribution in [0.15, 0.2) is 30.5 Å². The largest absolute Gasteiger partial charge is 0.461 e. The Morgan fingerprint density at radius 2 is 2.26 bits per heavy atom. The number of hydrogen-bond donors (Lipinski definition) is 2. The number of nitrogens with zero attached hydrogens (tertiary/aromatic N) is 3. The van der Waals surface area contributed by atoms with Crippen molar-refractivity contribution in [1.29, 1.82) is 0 Å². The van der Waals surface area contributed by atoms with Gasteiger partial charge in [0, 0.05) is 32.0 Å². The summed E-state index contributed by atoms with van der Waals surface area (Å²) in [6, 6.07) is 6.65. The smallest absolute Gasteiger partial charge is 0.361 e. The maximum absolute atomic E-state index is 13.4. The van der Waals surface area contributed by atoms with Crippen molar-refractivity contribution in [1.82, 2.24) is 14.7 Å². The van der Waals surface area contributed by atoms with Gasteiger partial charge in [-0.25, -0.2) is 13.9 Å². The second-order valence-electron chi connectivity index (χ2n) is 7.70. The molecule has 1 amide bonds. The van der Waals surface area contributed by atoms with Crippen molar-refractivity contribution in [2.24, 2.45) is 0 Å². The first-order chi connectivity index (χ1) is 14.8. The van der Waals surface area contributed by atoms with Crippen LogP contribution in [0.4, 0.5) is 10.1 Å². The third-order valence-electron chi connectivity index (χ3n) is 5.27. The molecule has 2 N–H and O–H groups in total. The zero-order valence-electron chi connectivity index (χ0n) is 17.3. The highest BCUT2D eigenvalue weighted by molar-refractivity contribution is 5.93. The molecule has 4 rings (SSSR count). The van der Waals surface area contributed by atoms with Gasteiger partial charge in [-0.3, -0.25) is 4.79 Å². The molecular formula is C22H23FN4O4. The van der Waals surface area contributed by atoms with Gasteiger partial charge in [-0.2, -0.15) is 5.10 Å². The van der Waals surface area contributed by atoms with Crippen molar-refractivity contribution in [3.05, 3.63) is 41.7 Å². The van der Waals surface area contributed by atoms with Crippen molar-refractivity contribution < 1.29 is 23.8 Å². The van der Waals surface area contributed by atoms with Gasteiger partial charge >= 0.3 is 5.97 Å². The number of ether oxygens (including phenoxy) is 1. The van der Waals surface area contributed by atoms with E-state index in [9.17, 15) is 19.1 Å². The molecule has 2 aromatic rings. The van der Waals surface area contributed by atoms with Gasteiger partial charge in [-0.05, 0) is 25.1 Å². The number of benzene rings is 1. The topological polar surface area (TPSA) is 96.7 Å². The zero-order valence-corrected chi connectivity index (χ0v) is 17.3. The van der Waals surface area contributed by atoms with E-state index >= 15 is 0 Å². The van der Waals surface area contributed by atoms with E-state index in [4.69, 9.17) is 4.74 Å². The van der Waals surface area contributed by atoms with Crippen LogP contribution in [0.25, 0.3) is 5.69 Å². The summed E-state index contributed by atoms with van der Waals surface area (Å²) < 4.78 is 19.9. The third kappa shape index (κ3) is 4.25. The molecule has 1 saturated heterocycles. The fourth-order valence-corrected chi connectivity index (χ4v) is 3.35. The minimum atomic E-state index is -1.68. The van der Waals surface area contributed by atoms with Gasteiger partial charge in [-0.1, -0.05) is 17.9 Å². The Bertz CT molecular complexity index is 1090. The number of hydrogen-bond acceptors (Lipinski definition) is 6. The number of anilines is 1. The van der Waals surface area contributed by atoms with Crippen LogP contribution in [0.3, 0.4) is 0 Å². The summed E-state index contributed by atoms with van der Waals surface area (Å²) in [7, 11) is 1.62. The Morgan fingerprint density at radius 3 is 2.90 bits per heavy atom. The number of halogens is 1. The summed E-state index contributed by atoms with van der Waals surface area (Å²) in [5.74, 6) is 4.53. The molecular weight excluding hydrogens is 403 g/mol. The van der Waals surface area contributed by atoms with Crippen LogP contribution in [0.1, 0.15) is 35.8 Å². The number of aliphatic hydroxyl groups is 1. The summed E-state index contributed by atoms with van der Waals surface area (Å²) >= 11 is 0. The van der Waals surface area contributed by atoms with E-state index in [-0.39, 0.29) is 24.8 Å². The zero-order chi connectivity index (χ0) is 22.2. The molecule has 1 aromatic carbocycles. The van der Waals surface area contributed by atoms with Crippen LogP contribution in [0, 0.1) is 11.8 Å². The maximum atomic E-state index is 13.4. The number of esters is 1. The summed E-state index contributed by atoms with van der Waals surface area (Å²) in [4.78, 5) is 25.8. The highest BCUT2D eigenvalue weighted by Crippen LogP contribution is 2.31. The second-order valence-corrected chi connectivity index (χ2v) is 7.70. The van der Waals surface area contributed by atoms with E-state index in [0.717, 1.165) is 0 Å². The van der Waals surface area contributed by atoms with Gasteiger partial charge in [0.1, 0.15) is 6.17 Å². The predicted octanol–water partition coefficient (Wildman–Crippen LogP) is 1.52. The molecule has 162 valence electrons. The Hall–Kier alpha value is -3.38. The minimum absolute atomic E-state index is 0.0753. The van der Waals surface area contributed by atoms with Crippen LogP contribution >= 0.6 is 0 Å². The molecule has 2 aliphatic rings. The highest BCUT2D eigenvalue weighted by atomic mass is 19.1. The number of aromatic nitrogens is 2. The summed E-state index contributed by atoms with van der Waals surface area (Å²) in [5.41, 5.74) is -0.0280. The lowest BCUT2D eigenvalue weighted by molar-refractivity contribution is -0.137. The highest BCUT2D eigenvalue weighted by Gasteiger charge is 2.42. The molecule has 31 heavy (non-hydrogen) atoms. The summed E-state index contributed by atoms with van der Waals surface area (Å²) in [6.07, 6.45) is 1.30. The van der Waals surface area contributed by atoms with Crippen LogP contribution < -0.4 is 5.32 Å². The van der Waals surface area contributed by atoms with Gasteiger partial charge in [0.2, 0.25) is 5.60 Å². The van der Waals surface area contributed by atoms with Gasteiger partial charge in [0.05, 0.1) is 30.2 Å². The fourth-order valence-electron chi connectivity index (χ4n) is 3.35. The number of amides is 1. The van der Waals surface area contributed by atoms with E-state index in [1.165, 1.54) is 9.58 Å². The van der Waals surface area contributed by atoms with E-state index in [0.29, 0.717) is 29.9 Å². The average molecular weight is 426 g/mol. The van der Waals surface area contributed by atoms with Crippen LogP contribution in [0.5, 0.6) is 0 Å². The van der Waals surface area contributed by atoms with Crippen LogP contribution in [-0.4, -0.2) is 69.7 Å². The summed E-state index contributed by atoms with van der Waals surface area (Å²) in [6.45, 7) is 2.34. The van der Waals surface area contributed by atoms with E-state index in [1.54, 1.807) is 44.4 Å². The standard InChI is InChI=1S/C22H23FN4O4/c1-3-31-20(28)19-18(24-17-12-16(17)23)13-27(25-19)15-6-4-5-14(11-15)7-8-22(30)9-10-26(2)21(22)29/h4-6,11,13,16-17,24,30H,3,9-10,12H2,1-2H3/t16?,17?,22-/m0/s1. The second kappa shape index (κ2) is 8.04. The van der Waals surface area contributed by atoms with E-state index < -0.39 is 23.6 Å². The SMILES string of the molecule is CCOC(=O)c1nn(-c2cccc(C#C[C@]3(O)CCN(C)C3=O)c2)cc1NC1CC1F. The normalized spacial score (nSPS) is 24.5. The Labute approximate surface area is 179 Å². The monoisotopic (exact) mass is 426 g/mol. The Morgan fingerprint density at radius 1 is 1.48 bits per heavy atom. The summed E-state index contributed by atoms with van der Waals surface area (Å²) in [5, 5.41) is 17.8. The molecule has 2 fully saturated rings. The van der Waals surface area contributed by atoms with Crippen LogP contribution in [-0.2, 0) is 9.53 Å². The molecule has 0 bridgehead atoms. The van der Waals surface area contributed by atoms with Gasteiger partial charge in [0.25, 0.3) is 5.91 Å².